The third-order valence-corrected chi connectivity index (χ3v) is 5.23. The predicted octanol–water partition coefficient (Wildman–Crippen LogP) is 4.30. The standard InChI is InChI=1S/C16H18ClF3N4/c1-8-10(17)11-12(22-8)13(24-5-4-15(2,3)7-24)9(6-21)14(23-11)16(18,19)20/h8,10,22H,4-5,7H2,1-3H3. The summed E-state index contributed by atoms with van der Waals surface area (Å²) in [6.07, 6.45) is -3.86. The Morgan fingerprint density at radius 1 is 1.42 bits per heavy atom. The van der Waals surface area contributed by atoms with Crippen LogP contribution < -0.4 is 10.2 Å². The maximum atomic E-state index is 13.5. The highest BCUT2D eigenvalue weighted by Crippen LogP contribution is 2.49. The fraction of sp³-hybridized carbons (Fsp3) is 0.625. The van der Waals surface area contributed by atoms with E-state index in [0.717, 1.165) is 6.42 Å². The summed E-state index contributed by atoms with van der Waals surface area (Å²) in [5.74, 6) is 0. The van der Waals surface area contributed by atoms with Gasteiger partial charge in [-0.1, -0.05) is 13.8 Å². The lowest BCUT2D eigenvalue weighted by Crippen LogP contribution is -2.26. The molecule has 2 atom stereocenters. The van der Waals surface area contributed by atoms with Gasteiger partial charge in [0.1, 0.15) is 11.6 Å². The molecule has 0 saturated carbocycles. The number of halogens is 4. The van der Waals surface area contributed by atoms with E-state index in [1.807, 2.05) is 4.90 Å². The van der Waals surface area contributed by atoms with Crippen LogP contribution in [0.1, 0.15) is 49.5 Å². The van der Waals surface area contributed by atoms with Crippen LogP contribution in [0.3, 0.4) is 0 Å². The van der Waals surface area contributed by atoms with Gasteiger partial charge in [-0.25, -0.2) is 4.98 Å². The molecule has 130 valence electrons. The van der Waals surface area contributed by atoms with Gasteiger partial charge >= 0.3 is 6.18 Å². The summed E-state index contributed by atoms with van der Waals surface area (Å²) in [6, 6.07) is 1.48. The van der Waals surface area contributed by atoms with Gasteiger partial charge in [-0.3, -0.25) is 0 Å². The Morgan fingerprint density at radius 3 is 2.58 bits per heavy atom. The van der Waals surface area contributed by atoms with Gasteiger partial charge in [0.15, 0.2) is 5.69 Å². The van der Waals surface area contributed by atoms with E-state index >= 15 is 0 Å². The molecule has 0 amide bonds. The average molecular weight is 359 g/mol. The predicted molar refractivity (Wildman–Crippen MR) is 86.2 cm³/mol. The molecule has 0 radical (unpaired) electrons. The van der Waals surface area contributed by atoms with Crippen LogP contribution in [-0.2, 0) is 6.18 Å². The lowest BCUT2D eigenvalue weighted by molar-refractivity contribution is -0.141. The Labute approximate surface area is 143 Å². The molecule has 0 bridgehead atoms. The molecule has 2 aliphatic heterocycles. The highest BCUT2D eigenvalue weighted by Gasteiger charge is 2.44. The first kappa shape index (κ1) is 17.2. The SMILES string of the molecule is CC1Nc2c(nc(C(F)(F)F)c(C#N)c2N2CCC(C)(C)C2)C1Cl. The molecule has 1 N–H and O–H groups in total. The molecule has 0 aliphatic carbocycles. The van der Waals surface area contributed by atoms with Crippen molar-refractivity contribution in [2.24, 2.45) is 5.41 Å². The van der Waals surface area contributed by atoms with E-state index in [1.54, 1.807) is 13.0 Å². The van der Waals surface area contributed by atoms with E-state index in [0.29, 0.717) is 18.8 Å². The quantitative estimate of drug-likeness (QED) is 0.760. The minimum Gasteiger partial charge on any atom is -0.377 e. The molecular weight excluding hydrogens is 341 g/mol. The molecule has 1 aromatic rings. The molecule has 1 fully saturated rings. The molecule has 2 unspecified atom stereocenters. The third kappa shape index (κ3) is 2.67. The summed E-state index contributed by atoms with van der Waals surface area (Å²) in [7, 11) is 0. The number of pyridine rings is 1. The minimum absolute atomic E-state index is 0.0220. The van der Waals surface area contributed by atoms with Crippen molar-refractivity contribution in [1.82, 2.24) is 4.98 Å². The van der Waals surface area contributed by atoms with Crippen LogP contribution in [0.5, 0.6) is 0 Å². The first-order valence-electron chi connectivity index (χ1n) is 7.76. The van der Waals surface area contributed by atoms with E-state index in [-0.39, 0.29) is 22.8 Å². The van der Waals surface area contributed by atoms with Crippen LogP contribution in [-0.4, -0.2) is 24.1 Å². The van der Waals surface area contributed by atoms with Gasteiger partial charge in [0.2, 0.25) is 0 Å². The number of fused-ring (bicyclic) bond motifs is 1. The minimum atomic E-state index is -4.70. The van der Waals surface area contributed by atoms with E-state index in [1.165, 1.54) is 0 Å². The van der Waals surface area contributed by atoms with Gasteiger partial charge in [0.25, 0.3) is 0 Å². The number of nitrogens with one attached hydrogen (secondary N) is 1. The first-order valence-corrected chi connectivity index (χ1v) is 8.19. The second-order valence-corrected chi connectivity index (χ2v) is 7.69. The highest BCUT2D eigenvalue weighted by atomic mass is 35.5. The third-order valence-electron chi connectivity index (χ3n) is 4.64. The Hall–Kier alpha value is -1.68. The van der Waals surface area contributed by atoms with Crippen LogP contribution in [0.4, 0.5) is 24.5 Å². The molecule has 1 saturated heterocycles. The van der Waals surface area contributed by atoms with Gasteiger partial charge < -0.3 is 10.2 Å². The van der Waals surface area contributed by atoms with E-state index in [4.69, 9.17) is 11.6 Å². The number of rotatable bonds is 1. The number of alkyl halides is 4. The number of hydrogen-bond donors (Lipinski definition) is 1. The number of hydrogen-bond acceptors (Lipinski definition) is 4. The molecule has 3 rings (SSSR count). The van der Waals surface area contributed by atoms with Crippen molar-refractivity contribution in [3.63, 3.8) is 0 Å². The zero-order valence-electron chi connectivity index (χ0n) is 13.6. The van der Waals surface area contributed by atoms with Crippen molar-refractivity contribution in [3.8, 4) is 6.07 Å². The van der Waals surface area contributed by atoms with E-state index < -0.39 is 22.8 Å². The van der Waals surface area contributed by atoms with Gasteiger partial charge in [0, 0.05) is 19.1 Å². The molecule has 24 heavy (non-hydrogen) atoms. The zero-order chi connectivity index (χ0) is 17.9. The van der Waals surface area contributed by atoms with Crippen molar-refractivity contribution in [2.45, 2.75) is 44.8 Å². The van der Waals surface area contributed by atoms with Crippen molar-refractivity contribution in [3.05, 3.63) is 17.0 Å². The Morgan fingerprint density at radius 2 is 2.08 bits per heavy atom. The van der Waals surface area contributed by atoms with Crippen LogP contribution in [0.15, 0.2) is 0 Å². The lowest BCUT2D eigenvalue weighted by atomic mass is 9.93. The summed E-state index contributed by atoms with van der Waals surface area (Å²) in [6.45, 7) is 7.09. The Bertz CT molecular complexity index is 724. The fourth-order valence-corrected chi connectivity index (χ4v) is 3.62. The fourth-order valence-electron chi connectivity index (χ4n) is 3.40. The van der Waals surface area contributed by atoms with Gasteiger partial charge in [0.05, 0.1) is 22.4 Å². The summed E-state index contributed by atoms with van der Waals surface area (Å²) in [5, 5.41) is 11.9. The van der Waals surface area contributed by atoms with Gasteiger partial charge in [-0.2, -0.15) is 18.4 Å². The second-order valence-electron chi connectivity index (χ2n) is 7.22. The Balaban J connectivity index is 2.25. The lowest BCUT2D eigenvalue weighted by Gasteiger charge is -2.26. The van der Waals surface area contributed by atoms with Crippen LogP contribution in [0, 0.1) is 16.7 Å². The summed E-state index contributed by atoms with van der Waals surface area (Å²) >= 11 is 6.25. The van der Waals surface area contributed by atoms with Crippen molar-refractivity contribution in [2.75, 3.05) is 23.3 Å². The smallest absolute Gasteiger partial charge is 0.377 e. The topological polar surface area (TPSA) is 52.0 Å². The second kappa shape index (κ2) is 5.41. The van der Waals surface area contributed by atoms with Crippen LogP contribution in [0.25, 0.3) is 0 Å². The normalized spacial score (nSPS) is 25.3. The molecule has 4 nitrogen and oxygen atoms in total. The molecule has 1 aromatic heterocycles. The molecular formula is C16H18ClF3N4. The first-order chi connectivity index (χ1) is 11.0. The number of nitriles is 1. The zero-order valence-corrected chi connectivity index (χ0v) is 14.4. The highest BCUT2D eigenvalue weighted by molar-refractivity contribution is 6.22. The molecule has 0 aromatic carbocycles. The van der Waals surface area contributed by atoms with E-state index in [9.17, 15) is 18.4 Å². The monoisotopic (exact) mass is 358 g/mol. The number of anilines is 2. The summed E-state index contributed by atoms with van der Waals surface area (Å²) < 4.78 is 40.4. The largest absolute Gasteiger partial charge is 0.434 e. The average Bonchev–Trinajstić information content (AvgIpc) is 2.96. The molecule has 3 heterocycles. The number of aromatic nitrogens is 1. The Kier molecular flexibility index (Phi) is 3.87. The summed E-state index contributed by atoms with van der Waals surface area (Å²) in [5.41, 5.74) is -0.670. The molecule has 8 heteroatoms. The van der Waals surface area contributed by atoms with Crippen molar-refractivity contribution in [1.29, 1.82) is 5.26 Å². The van der Waals surface area contributed by atoms with Gasteiger partial charge in [-0.15, -0.1) is 11.6 Å². The van der Waals surface area contributed by atoms with Crippen molar-refractivity contribution < 1.29 is 13.2 Å². The van der Waals surface area contributed by atoms with Crippen molar-refractivity contribution >= 4 is 23.0 Å². The van der Waals surface area contributed by atoms with E-state index in [2.05, 4.69) is 24.1 Å². The van der Waals surface area contributed by atoms with Gasteiger partial charge in [-0.05, 0) is 18.8 Å². The maximum absolute atomic E-state index is 13.5. The maximum Gasteiger partial charge on any atom is 0.434 e. The summed E-state index contributed by atoms with van der Waals surface area (Å²) in [4.78, 5) is 5.58. The van der Waals surface area contributed by atoms with Crippen LogP contribution in [0.2, 0.25) is 0 Å². The molecule has 0 spiro atoms. The number of nitrogens with zero attached hydrogens (tertiary/aromatic N) is 3. The van der Waals surface area contributed by atoms with Crippen LogP contribution >= 0.6 is 11.6 Å². The molecule has 2 aliphatic rings.